The van der Waals surface area contributed by atoms with Gasteiger partial charge in [0.2, 0.25) is 17.7 Å². The van der Waals surface area contributed by atoms with Crippen LogP contribution in [0.15, 0.2) is 67.4 Å². The summed E-state index contributed by atoms with van der Waals surface area (Å²) in [5, 5.41) is 16.8. The molecule has 8 rings (SSSR count). The number of likely N-dealkylation sites (tertiary alicyclic amines) is 1. The first-order valence-electron chi connectivity index (χ1n) is 24.2. The van der Waals surface area contributed by atoms with Crippen LogP contribution in [0, 0.1) is 23.2 Å². The van der Waals surface area contributed by atoms with Crippen LogP contribution in [0.2, 0.25) is 0 Å². The molecule has 5 atom stereocenters. The molecule has 6 bridgehead atoms. The van der Waals surface area contributed by atoms with E-state index in [2.05, 4.69) is 60.9 Å². The number of hydrogen-bond acceptors (Lipinski definition) is 10. The van der Waals surface area contributed by atoms with Gasteiger partial charge in [-0.3, -0.25) is 34.0 Å². The van der Waals surface area contributed by atoms with Crippen LogP contribution in [0.25, 0.3) is 33.3 Å². The van der Waals surface area contributed by atoms with Gasteiger partial charge in [-0.2, -0.15) is 0 Å². The van der Waals surface area contributed by atoms with E-state index in [0.29, 0.717) is 50.3 Å². The summed E-state index contributed by atoms with van der Waals surface area (Å²) in [5.41, 5.74) is 9.80. The number of nitrogens with zero attached hydrogens (tertiary/aromatic N) is 5. The number of aryl methyl sites for hydroxylation is 1. The Morgan fingerprint density at radius 2 is 1.85 bits per heavy atom. The zero-order chi connectivity index (χ0) is 48.6. The average molecular weight is 930 g/mol. The number of rotatable bonds is 11. The van der Waals surface area contributed by atoms with Crippen LogP contribution >= 0.6 is 0 Å². The van der Waals surface area contributed by atoms with E-state index < -0.39 is 47.2 Å². The second kappa shape index (κ2) is 19.9. The lowest BCUT2D eigenvalue weighted by molar-refractivity contribution is -0.155. The van der Waals surface area contributed by atoms with Crippen molar-refractivity contribution in [3.8, 4) is 28.1 Å². The number of esters is 1. The smallest absolute Gasteiger partial charge is 0.324 e. The molecule has 15 heteroatoms. The molecule has 3 fully saturated rings. The lowest BCUT2D eigenvalue weighted by Gasteiger charge is -2.37. The molecule has 4 aliphatic rings. The molecule has 5 heterocycles. The summed E-state index contributed by atoms with van der Waals surface area (Å²) in [5.74, 6) is -2.44. The maximum Gasteiger partial charge on any atom is 0.324 e. The van der Waals surface area contributed by atoms with E-state index in [-0.39, 0.29) is 55.7 Å². The van der Waals surface area contributed by atoms with E-state index in [0.717, 1.165) is 57.4 Å². The Morgan fingerprint density at radius 3 is 2.56 bits per heavy atom. The minimum absolute atomic E-state index is 0.00627. The number of hydrogen-bond donors (Lipinski definition) is 3. The number of carbonyl (C=O) groups is 5. The Morgan fingerprint density at radius 1 is 1.07 bits per heavy atom. The van der Waals surface area contributed by atoms with E-state index in [4.69, 9.17) is 14.5 Å². The molecule has 3 aliphatic heterocycles. The Bertz CT molecular complexity index is 2600. The van der Waals surface area contributed by atoms with Crippen molar-refractivity contribution < 1.29 is 38.6 Å². The van der Waals surface area contributed by atoms with Gasteiger partial charge in [0.05, 0.1) is 23.9 Å². The number of fused-ring (bicyclic) bond motifs is 6. The monoisotopic (exact) mass is 930 g/mol. The van der Waals surface area contributed by atoms with E-state index in [1.165, 1.54) is 16.0 Å². The summed E-state index contributed by atoms with van der Waals surface area (Å²) in [4.78, 5) is 77.5. The lowest BCUT2D eigenvalue weighted by atomic mass is 9.84. The van der Waals surface area contributed by atoms with Gasteiger partial charge in [0, 0.05) is 74.8 Å². The summed E-state index contributed by atoms with van der Waals surface area (Å²) in [6.07, 6.45) is 7.02. The van der Waals surface area contributed by atoms with Crippen LogP contribution in [0.4, 0.5) is 0 Å². The largest absolute Gasteiger partial charge is 0.508 e. The Balaban J connectivity index is 1.20. The highest BCUT2D eigenvalue weighted by Crippen LogP contribution is 2.47. The van der Waals surface area contributed by atoms with Crippen molar-refractivity contribution in [3.63, 3.8) is 0 Å². The third kappa shape index (κ3) is 9.91. The first kappa shape index (κ1) is 48.4. The van der Waals surface area contributed by atoms with Gasteiger partial charge in [-0.1, -0.05) is 46.4 Å². The number of cyclic esters (lactones) is 1. The van der Waals surface area contributed by atoms with Gasteiger partial charge in [0.1, 0.15) is 30.0 Å². The van der Waals surface area contributed by atoms with Gasteiger partial charge in [0.25, 0.3) is 5.91 Å². The maximum absolute atomic E-state index is 14.8. The zero-order valence-corrected chi connectivity index (χ0v) is 40.5. The minimum Gasteiger partial charge on any atom is -0.508 e. The van der Waals surface area contributed by atoms with Gasteiger partial charge in [-0.05, 0) is 122 Å². The second-order valence-corrected chi connectivity index (χ2v) is 20.3. The van der Waals surface area contributed by atoms with E-state index >= 15 is 0 Å². The van der Waals surface area contributed by atoms with Crippen LogP contribution in [0.1, 0.15) is 89.6 Å². The number of hydrazine groups is 1. The number of phenols is 1. The predicted molar refractivity (Wildman–Crippen MR) is 259 cm³/mol. The molecule has 3 N–H and O–H groups in total. The van der Waals surface area contributed by atoms with Crippen LogP contribution in [-0.2, 0) is 52.8 Å². The molecule has 362 valence electrons. The number of ether oxygens (including phenoxy) is 2. The Labute approximate surface area is 399 Å². The molecule has 0 spiro atoms. The van der Waals surface area contributed by atoms with Gasteiger partial charge in [-0.15, -0.1) is 0 Å². The van der Waals surface area contributed by atoms with Crippen molar-refractivity contribution in [1.29, 1.82) is 0 Å². The van der Waals surface area contributed by atoms with Crippen molar-refractivity contribution in [2.45, 2.75) is 110 Å². The number of phenolic OH excluding ortho intramolecular Hbond substituents is 1. The first-order chi connectivity index (χ1) is 32.5. The molecule has 1 aliphatic carbocycles. The molecule has 2 aromatic carbocycles. The van der Waals surface area contributed by atoms with Crippen LogP contribution < -0.4 is 10.7 Å². The lowest BCUT2D eigenvalue weighted by Crippen LogP contribution is -2.62. The standard InChI is InChI=1S/C53H67N7O8/c1-9-44(62)58-22-19-35(29-58)50(64)57(7)46(31(3)4)49(63)55-42-25-32-23-36(26-37(61)24-32)34-17-18-43-39(27-34)40(28-53(5,6)30-68-52(66)41-14-12-21-60(56-41)51(42)65)47(59(43)10-2)38-13-11-20-54-45(38)48(67-8)33-15-16-33/h9,11,13,17-18,20,23-24,26-27,31,33,35,41-42,46,48,56,61H,1,10,12,14-16,19,21-22,25,28-30H2,2-8H3,(H,55,63)/t35-,41-,42-,46-,48-/m0/s1. The fraction of sp³-hybridized carbons (Fsp3) is 0.509. The number of aromatic hydroxyl groups is 1. The highest BCUT2D eigenvalue weighted by molar-refractivity contribution is 5.96. The topological polar surface area (TPSA) is 176 Å². The fourth-order valence-corrected chi connectivity index (χ4v) is 10.7. The van der Waals surface area contributed by atoms with Crippen molar-refractivity contribution in [2.24, 2.45) is 23.2 Å². The highest BCUT2D eigenvalue weighted by atomic mass is 16.5. The molecule has 4 amide bonds. The Kier molecular flexibility index (Phi) is 14.2. The summed E-state index contributed by atoms with van der Waals surface area (Å²) in [6, 6.07) is 12.7. The summed E-state index contributed by atoms with van der Waals surface area (Å²) in [7, 11) is 3.34. The van der Waals surface area contributed by atoms with Crippen LogP contribution in [-0.4, -0.2) is 118 Å². The molecular weight excluding hydrogens is 863 g/mol. The number of methoxy groups -OCH3 is 1. The quantitative estimate of drug-likeness (QED) is 0.113. The normalized spacial score (nSPS) is 21.8. The molecule has 0 radical (unpaired) electrons. The zero-order valence-electron chi connectivity index (χ0n) is 40.5. The molecule has 4 aromatic rings. The van der Waals surface area contributed by atoms with E-state index in [9.17, 15) is 29.1 Å². The van der Waals surface area contributed by atoms with Gasteiger partial charge in [0.15, 0.2) is 0 Å². The van der Waals surface area contributed by atoms with Gasteiger partial charge < -0.3 is 34.3 Å². The first-order valence-corrected chi connectivity index (χ1v) is 24.2. The number of likely N-dealkylation sites (N-methyl/N-ethyl adjacent to an activating group) is 1. The third-order valence-corrected chi connectivity index (χ3v) is 14.2. The molecular formula is C53H67N7O8. The van der Waals surface area contributed by atoms with Crippen molar-refractivity contribution in [3.05, 3.63) is 84.2 Å². The number of benzene rings is 2. The molecule has 1 saturated carbocycles. The maximum atomic E-state index is 14.8. The number of nitrogens with one attached hydrogen (secondary N) is 2. The fourth-order valence-electron chi connectivity index (χ4n) is 10.7. The number of amides is 4. The summed E-state index contributed by atoms with van der Waals surface area (Å²) >= 11 is 0. The second-order valence-electron chi connectivity index (χ2n) is 20.3. The number of pyridine rings is 1. The van der Waals surface area contributed by atoms with Gasteiger partial charge >= 0.3 is 5.97 Å². The van der Waals surface area contributed by atoms with Crippen molar-refractivity contribution in [1.82, 2.24) is 35.1 Å². The molecule has 0 unspecified atom stereocenters. The summed E-state index contributed by atoms with van der Waals surface area (Å²) in [6.45, 7) is 15.3. The average Bonchev–Trinajstić information content (AvgIpc) is 3.95. The SMILES string of the molecule is C=CC(=O)N1CC[C@H](C(=O)N(C)[C@H](C(=O)N[C@H]2Cc3cc(O)cc(c3)-c3ccc4c(c3)c(c(-c3cccnc3[C@@H](OC)C3CC3)n4CC)CC(C)(C)COC(=O)[C@@H]3CCCN(N3)C2=O)C(C)C)C1. The van der Waals surface area contributed by atoms with E-state index in [1.54, 1.807) is 31.2 Å². The molecule has 15 nitrogen and oxygen atoms in total. The molecule has 68 heavy (non-hydrogen) atoms. The highest BCUT2D eigenvalue weighted by Gasteiger charge is 2.41. The number of aromatic nitrogens is 2. The molecule has 2 aromatic heterocycles. The van der Waals surface area contributed by atoms with Crippen molar-refractivity contribution in [2.75, 3.05) is 40.4 Å². The minimum atomic E-state index is -1.16. The van der Waals surface area contributed by atoms with Crippen LogP contribution in [0.5, 0.6) is 5.75 Å². The van der Waals surface area contributed by atoms with Crippen molar-refractivity contribution >= 4 is 40.5 Å². The van der Waals surface area contributed by atoms with E-state index in [1.807, 2.05) is 38.2 Å². The van der Waals surface area contributed by atoms with Crippen LogP contribution in [0.3, 0.4) is 0 Å². The predicted octanol–water partition coefficient (Wildman–Crippen LogP) is 6.36. The molecule has 2 saturated heterocycles. The summed E-state index contributed by atoms with van der Waals surface area (Å²) < 4.78 is 14.6. The third-order valence-electron chi connectivity index (χ3n) is 14.2. The Hall–Kier alpha value is -6.06. The van der Waals surface area contributed by atoms with Gasteiger partial charge in [-0.25, -0.2) is 5.43 Å². The number of carbonyl (C=O) groups excluding carboxylic acids is 5.